The first-order valence-corrected chi connectivity index (χ1v) is 14.0. The van der Waals surface area contributed by atoms with Crippen LogP contribution in [-0.4, -0.2) is 39.5 Å². The van der Waals surface area contributed by atoms with Crippen molar-refractivity contribution in [2.75, 3.05) is 0 Å². The zero-order valence-corrected chi connectivity index (χ0v) is 24.8. The molecule has 0 unspecified atom stereocenters. The maximum absolute atomic E-state index is 13.5. The highest BCUT2D eigenvalue weighted by Gasteiger charge is 2.34. The van der Waals surface area contributed by atoms with E-state index in [4.69, 9.17) is 15.0 Å². The molecule has 0 bridgehead atoms. The van der Waals surface area contributed by atoms with Gasteiger partial charge in [0, 0.05) is 40.3 Å². The third kappa shape index (κ3) is 5.48. The Kier molecular flexibility index (Phi) is 7.11. The maximum Gasteiger partial charge on any atom is 0.435 e. The van der Waals surface area contributed by atoms with Crippen molar-refractivity contribution < 1.29 is 13.2 Å². The summed E-state index contributed by atoms with van der Waals surface area (Å²) in [4.78, 5) is 19.3. The summed E-state index contributed by atoms with van der Waals surface area (Å²) in [6.45, 7) is 9.63. The molecular weight excluding hydrogens is 565 g/mol. The van der Waals surface area contributed by atoms with Gasteiger partial charge in [0.15, 0.2) is 17.3 Å². The summed E-state index contributed by atoms with van der Waals surface area (Å²) in [5.41, 5.74) is 4.67. The molecule has 0 saturated carbocycles. The molecule has 8 nitrogen and oxygen atoms in total. The van der Waals surface area contributed by atoms with Crippen molar-refractivity contribution in [2.45, 2.75) is 46.2 Å². The van der Waals surface area contributed by atoms with Gasteiger partial charge in [0.2, 0.25) is 0 Å². The van der Waals surface area contributed by atoms with Crippen LogP contribution < -0.4 is 0 Å². The predicted molar refractivity (Wildman–Crippen MR) is 161 cm³/mol. The Balaban J connectivity index is 1.51. The molecule has 0 radical (unpaired) electrons. The van der Waals surface area contributed by atoms with Gasteiger partial charge in [-0.05, 0) is 95.3 Å². The van der Waals surface area contributed by atoms with E-state index in [0.717, 1.165) is 39.1 Å². The van der Waals surface area contributed by atoms with Crippen molar-refractivity contribution in [3.05, 3.63) is 119 Å². The summed E-state index contributed by atoms with van der Waals surface area (Å²) >= 11 is 0. The summed E-state index contributed by atoms with van der Waals surface area (Å²) in [7, 11) is 0. The summed E-state index contributed by atoms with van der Waals surface area (Å²) in [5, 5.41) is 8.45. The molecular formula is C33H29F3N8. The Morgan fingerprint density at radius 3 is 1.45 bits per heavy atom. The van der Waals surface area contributed by atoms with Crippen LogP contribution in [0.3, 0.4) is 0 Å². The molecule has 0 aromatic carbocycles. The molecule has 222 valence electrons. The average molecular weight is 595 g/mol. The number of alkyl halides is 3. The third-order valence-electron chi connectivity index (χ3n) is 7.40. The number of rotatable bonds is 6. The zero-order chi connectivity index (χ0) is 31.2. The normalized spacial score (nSPS) is 12.1. The molecule has 0 spiro atoms. The van der Waals surface area contributed by atoms with E-state index in [-0.39, 0.29) is 5.82 Å². The lowest BCUT2D eigenvalue weighted by atomic mass is 9.84. The number of halogens is 3. The fourth-order valence-electron chi connectivity index (χ4n) is 4.99. The zero-order valence-electron chi connectivity index (χ0n) is 24.8. The van der Waals surface area contributed by atoms with E-state index in [1.807, 2.05) is 101 Å². The van der Waals surface area contributed by atoms with Crippen LogP contribution in [0.5, 0.6) is 0 Å². The Morgan fingerprint density at radius 2 is 1.02 bits per heavy atom. The monoisotopic (exact) mass is 594 g/mol. The molecule has 6 rings (SSSR count). The molecule has 0 amide bonds. The molecule has 0 aliphatic heterocycles. The Labute approximate surface area is 252 Å². The second-order valence-corrected chi connectivity index (χ2v) is 11.1. The number of aryl methyl sites for hydroxylation is 3. The number of hydrogen-bond donors (Lipinski definition) is 0. The molecule has 0 aliphatic carbocycles. The lowest BCUT2D eigenvalue weighted by Gasteiger charge is -2.26. The maximum atomic E-state index is 13.5. The van der Waals surface area contributed by atoms with E-state index >= 15 is 0 Å². The molecule has 44 heavy (non-hydrogen) atoms. The first kappa shape index (κ1) is 28.9. The highest BCUT2D eigenvalue weighted by molar-refractivity contribution is 5.69. The summed E-state index contributed by atoms with van der Waals surface area (Å²) in [6.07, 6.45) is -1.48. The van der Waals surface area contributed by atoms with Crippen LogP contribution in [0.25, 0.3) is 34.2 Å². The van der Waals surface area contributed by atoms with Crippen LogP contribution >= 0.6 is 0 Å². The van der Waals surface area contributed by atoms with Gasteiger partial charge in [0.05, 0.1) is 28.5 Å². The lowest BCUT2D eigenvalue weighted by molar-refractivity contribution is -0.141. The van der Waals surface area contributed by atoms with Gasteiger partial charge in [-0.3, -0.25) is 9.97 Å². The average Bonchev–Trinajstić information content (AvgIpc) is 3.66. The van der Waals surface area contributed by atoms with Gasteiger partial charge >= 0.3 is 6.18 Å². The number of aromatic nitrogens is 8. The second-order valence-electron chi connectivity index (χ2n) is 11.1. The molecule has 11 heteroatoms. The predicted octanol–water partition coefficient (Wildman–Crippen LogP) is 7.24. The first-order chi connectivity index (χ1) is 20.9. The molecule has 0 fully saturated rings. The van der Waals surface area contributed by atoms with Crippen LogP contribution in [0.2, 0.25) is 0 Å². The van der Waals surface area contributed by atoms with E-state index < -0.39 is 17.3 Å². The Bertz CT molecular complexity index is 1990. The molecule has 6 aromatic heterocycles. The van der Waals surface area contributed by atoms with Crippen molar-refractivity contribution in [1.82, 2.24) is 39.5 Å². The fraction of sp³-hybridized carbons (Fsp3) is 0.212. The topological polar surface area (TPSA) is 87.2 Å². The second kappa shape index (κ2) is 10.8. The minimum Gasteiger partial charge on any atom is -0.253 e. The smallest absolute Gasteiger partial charge is 0.253 e. The highest BCUT2D eigenvalue weighted by atomic mass is 19.4. The van der Waals surface area contributed by atoms with Crippen molar-refractivity contribution in [3.8, 4) is 34.2 Å². The summed E-state index contributed by atoms with van der Waals surface area (Å²) in [5.74, 6) is 0.831. The van der Waals surface area contributed by atoms with Gasteiger partial charge in [0.25, 0.3) is 0 Å². The standard InChI is InChI=1S/C33H29F3N8/c1-20-8-6-10-25(37-20)23-12-14-27(39-30(23)43-18-16-22(3)41-43)32(4,5)28-15-13-24(26-11-7-9-21(2)38-26)31(40-28)44-19-17-29(42-44)33(34,35)36/h6-19H,1-5H3. The van der Waals surface area contributed by atoms with Crippen LogP contribution in [-0.2, 0) is 11.6 Å². The quantitative estimate of drug-likeness (QED) is 0.202. The largest absolute Gasteiger partial charge is 0.435 e. The van der Waals surface area contributed by atoms with E-state index in [1.54, 1.807) is 10.7 Å². The summed E-state index contributed by atoms with van der Waals surface area (Å²) < 4.78 is 43.4. The molecule has 0 N–H and O–H groups in total. The summed E-state index contributed by atoms with van der Waals surface area (Å²) in [6, 6.07) is 21.7. The van der Waals surface area contributed by atoms with Crippen LogP contribution in [0.15, 0.2) is 85.2 Å². The number of pyridine rings is 4. The Morgan fingerprint density at radius 1 is 0.523 bits per heavy atom. The van der Waals surface area contributed by atoms with Gasteiger partial charge in [0.1, 0.15) is 0 Å². The van der Waals surface area contributed by atoms with E-state index in [2.05, 4.69) is 15.2 Å². The number of hydrogen-bond acceptors (Lipinski definition) is 6. The van der Waals surface area contributed by atoms with E-state index in [0.29, 0.717) is 28.5 Å². The van der Waals surface area contributed by atoms with E-state index in [1.165, 1.54) is 6.20 Å². The lowest BCUT2D eigenvalue weighted by Crippen LogP contribution is -2.24. The Hall–Kier alpha value is -5.19. The van der Waals surface area contributed by atoms with Gasteiger partial charge in [-0.1, -0.05) is 12.1 Å². The van der Waals surface area contributed by atoms with Crippen molar-refractivity contribution in [1.29, 1.82) is 0 Å². The molecule has 0 saturated heterocycles. The van der Waals surface area contributed by atoms with Gasteiger partial charge < -0.3 is 0 Å². The number of nitrogens with zero attached hydrogens (tertiary/aromatic N) is 8. The molecule has 6 aromatic rings. The third-order valence-corrected chi connectivity index (χ3v) is 7.40. The fourth-order valence-corrected chi connectivity index (χ4v) is 4.99. The van der Waals surface area contributed by atoms with Gasteiger partial charge in [-0.2, -0.15) is 23.4 Å². The molecule has 0 atom stereocenters. The van der Waals surface area contributed by atoms with E-state index in [9.17, 15) is 13.2 Å². The van der Waals surface area contributed by atoms with Crippen LogP contribution in [0.4, 0.5) is 13.2 Å². The minimum atomic E-state index is -4.59. The highest BCUT2D eigenvalue weighted by Crippen LogP contribution is 2.36. The van der Waals surface area contributed by atoms with Crippen molar-refractivity contribution in [2.24, 2.45) is 0 Å². The minimum absolute atomic E-state index is 0.229. The van der Waals surface area contributed by atoms with Gasteiger partial charge in [-0.15, -0.1) is 0 Å². The first-order valence-electron chi connectivity index (χ1n) is 14.0. The molecule has 0 aliphatic rings. The van der Waals surface area contributed by atoms with Crippen LogP contribution in [0.1, 0.15) is 48.0 Å². The van der Waals surface area contributed by atoms with Crippen LogP contribution in [0, 0.1) is 20.8 Å². The van der Waals surface area contributed by atoms with Gasteiger partial charge in [-0.25, -0.2) is 19.3 Å². The van der Waals surface area contributed by atoms with Crippen molar-refractivity contribution >= 4 is 0 Å². The molecule has 6 heterocycles. The SMILES string of the molecule is Cc1cccc(-c2ccc(C(C)(C)c3ccc(-c4cccc(C)n4)c(-n4ccc(C(F)(F)F)n4)n3)nc2-n2ccc(C)n2)n1. The van der Waals surface area contributed by atoms with Crippen molar-refractivity contribution in [3.63, 3.8) is 0 Å².